The standard InChI is InChI=1S/C16H25N5O4/c1-16(2,3)19-15(24)21-7-4-11(5-8-21)10-17-13(22)14(23)18-12-6-9-25-20-12/h6,9,11H,4-5,7-8,10H2,1-3H3,(H,17,22)(H,19,24)(H,18,20,23). The molecule has 0 bridgehead atoms. The lowest BCUT2D eigenvalue weighted by Gasteiger charge is -2.34. The van der Waals surface area contributed by atoms with Crippen LogP contribution in [0.15, 0.2) is 16.9 Å². The summed E-state index contributed by atoms with van der Waals surface area (Å²) in [7, 11) is 0. The van der Waals surface area contributed by atoms with Crippen molar-refractivity contribution in [2.75, 3.05) is 25.0 Å². The van der Waals surface area contributed by atoms with Crippen LogP contribution in [0.4, 0.5) is 10.6 Å². The van der Waals surface area contributed by atoms with Crippen molar-refractivity contribution in [2.24, 2.45) is 5.92 Å². The van der Waals surface area contributed by atoms with E-state index in [1.54, 1.807) is 4.90 Å². The number of amides is 4. The van der Waals surface area contributed by atoms with Crippen LogP contribution in [-0.4, -0.2) is 53.1 Å². The number of hydrogen-bond donors (Lipinski definition) is 3. The Morgan fingerprint density at radius 3 is 2.48 bits per heavy atom. The highest BCUT2D eigenvalue weighted by molar-refractivity contribution is 6.39. The van der Waals surface area contributed by atoms with E-state index in [2.05, 4.69) is 25.6 Å². The van der Waals surface area contributed by atoms with Crippen molar-refractivity contribution in [3.05, 3.63) is 12.3 Å². The number of piperidine rings is 1. The molecule has 1 saturated heterocycles. The second-order valence-corrected chi connectivity index (χ2v) is 7.16. The van der Waals surface area contributed by atoms with Crippen LogP contribution in [0.2, 0.25) is 0 Å². The van der Waals surface area contributed by atoms with E-state index in [0.29, 0.717) is 19.6 Å². The van der Waals surface area contributed by atoms with Crippen molar-refractivity contribution in [2.45, 2.75) is 39.2 Å². The second kappa shape index (κ2) is 8.00. The lowest BCUT2D eigenvalue weighted by Crippen LogP contribution is -2.51. The van der Waals surface area contributed by atoms with Crippen LogP contribution in [0.3, 0.4) is 0 Å². The van der Waals surface area contributed by atoms with Gasteiger partial charge in [-0.1, -0.05) is 5.16 Å². The number of nitrogens with one attached hydrogen (secondary N) is 3. The van der Waals surface area contributed by atoms with E-state index in [-0.39, 0.29) is 23.3 Å². The Kier molecular flexibility index (Phi) is 6.00. The lowest BCUT2D eigenvalue weighted by molar-refractivity contribution is -0.136. The lowest BCUT2D eigenvalue weighted by atomic mass is 9.97. The molecule has 3 N–H and O–H groups in total. The summed E-state index contributed by atoms with van der Waals surface area (Å²) in [6, 6.07) is 1.38. The molecule has 9 nitrogen and oxygen atoms in total. The molecule has 25 heavy (non-hydrogen) atoms. The van der Waals surface area contributed by atoms with Crippen molar-refractivity contribution in [3.8, 4) is 0 Å². The van der Waals surface area contributed by atoms with Gasteiger partial charge in [-0.3, -0.25) is 14.9 Å². The number of likely N-dealkylation sites (tertiary alicyclic amines) is 1. The monoisotopic (exact) mass is 351 g/mol. The first-order valence-electron chi connectivity index (χ1n) is 8.31. The van der Waals surface area contributed by atoms with E-state index >= 15 is 0 Å². The molecule has 0 radical (unpaired) electrons. The van der Waals surface area contributed by atoms with Gasteiger partial charge in [0.05, 0.1) is 0 Å². The van der Waals surface area contributed by atoms with Crippen molar-refractivity contribution in [1.82, 2.24) is 20.7 Å². The SMILES string of the molecule is CC(C)(C)NC(=O)N1CCC(CNC(=O)C(=O)Nc2ccon2)CC1. The Hall–Kier alpha value is -2.58. The maximum atomic E-state index is 12.1. The quantitative estimate of drug-likeness (QED) is 0.701. The van der Waals surface area contributed by atoms with Gasteiger partial charge in [0.1, 0.15) is 6.26 Å². The summed E-state index contributed by atoms with van der Waals surface area (Å²) in [5, 5.41) is 11.4. The van der Waals surface area contributed by atoms with Gasteiger partial charge in [-0.15, -0.1) is 0 Å². The molecule has 4 amide bonds. The highest BCUT2D eigenvalue weighted by Crippen LogP contribution is 2.17. The normalized spacial score (nSPS) is 15.6. The number of anilines is 1. The van der Waals surface area contributed by atoms with Crippen molar-refractivity contribution < 1.29 is 18.9 Å². The number of nitrogens with zero attached hydrogens (tertiary/aromatic N) is 2. The van der Waals surface area contributed by atoms with Gasteiger partial charge in [0.15, 0.2) is 5.82 Å². The van der Waals surface area contributed by atoms with Crippen LogP contribution >= 0.6 is 0 Å². The van der Waals surface area contributed by atoms with E-state index in [4.69, 9.17) is 0 Å². The molecule has 2 rings (SSSR count). The third-order valence-corrected chi connectivity index (χ3v) is 3.82. The highest BCUT2D eigenvalue weighted by atomic mass is 16.5. The van der Waals surface area contributed by atoms with E-state index in [9.17, 15) is 14.4 Å². The number of carbonyl (C=O) groups excluding carboxylic acids is 3. The Bertz CT molecular complexity index is 601. The third kappa shape index (κ3) is 6.09. The smallest absolute Gasteiger partial charge is 0.317 e. The largest absolute Gasteiger partial charge is 0.363 e. The summed E-state index contributed by atoms with van der Waals surface area (Å²) >= 11 is 0. The molecule has 1 aromatic rings. The van der Waals surface area contributed by atoms with Crippen molar-refractivity contribution in [3.63, 3.8) is 0 Å². The summed E-state index contributed by atoms with van der Waals surface area (Å²) in [5.74, 6) is -1.06. The fourth-order valence-electron chi connectivity index (χ4n) is 2.51. The predicted octanol–water partition coefficient (Wildman–Crippen LogP) is 0.949. The molecule has 0 aromatic carbocycles. The van der Waals surface area contributed by atoms with Gasteiger partial charge in [-0.05, 0) is 39.5 Å². The predicted molar refractivity (Wildman–Crippen MR) is 90.7 cm³/mol. The average Bonchev–Trinajstić information content (AvgIpc) is 3.04. The van der Waals surface area contributed by atoms with Crippen LogP contribution in [0.1, 0.15) is 33.6 Å². The van der Waals surface area contributed by atoms with Gasteiger partial charge >= 0.3 is 17.8 Å². The number of rotatable bonds is 3. The van der Waals surface area contributed by atoms with E-state index in [1.165, 1.54) is 12.3 Å². The molecule has 138 valence electrons. The van der Waals surface area contributed by atoms with E-state index in [1.807, 2.05) is 20.8 Å². The molecule has 0 atom stereocenters. The fraction of sp³-hybridized carbons (Fsp3) is 0.625. The van der Waals surface area contributed by atoms with E-state index < -0.39 is 11.8 Å². The molecule has 1 aliphatic heterocycles. The third-order valence-electron chi connectivity index (χ3n) is 3.82. The number of carbonyl (C=O) groups is 3. The molecule has 0 spiro atoms. The van der Waals surface area contributed by atoms with Gasteiger partial charge in [0, 0.05) is 31.2 Å². The molecule has 0 aliphatic carbocycles. The molecule has 2 heterocycles. The zero-order chi connectivity index (χ0) is 18.4. The molecule has 0 unspecified atom stereocenters. The number of urea groups is 1. The molecule has 1 aromatic heterocycles. The molecule has 0 saturated carbocycles. The summed E-state index contributed by atoms with van der Waals surface area (Å²) in [6.45, 7) is 7.49. The summed E-state index contributed by atoms with van der Waals surface area (Å²) in [5.41, 5.74) is -0.265. The van der Waals surface area contributed by atoms with Crippen molar-refractivity contribution >= 4 is 23.7 Å². The van der Waals surface area contributed by atoms with Crippen LogP contribution < -0.4 is 16.0 Å². The highest BCUT2D eigenvalue weighted by Gasteiger charge is 2.26. The Labute approximate surface area is 146 Å². The van der Waals surface area contributed by atoms with Gasteiger partial charge in [0.2, 0.25) is 0 Å². The van der Waals surface area contributed by atoms with Crippen LogP contribution in [0, 0.1) is 5.92 Å². The molecule has 1 aliphatic rings. The second-order valence-electron chi connectivity index (χ2n) is 7.16. The molecule has 9 heteroatoms. The summed E-state index contributed by atoms with van der Waals surface area (Å²) in [4.78, 5) is 37.4. The van der Waals surface area contributed by atoms with Gasteiger partial charge < -0.3 is 20.1 Å². The van der Waals surface area contributed by atoms with Gasteiger partial charge in [0.25, 0.3) is 0 Å². The first-order chi connectivity index (χ1) is 11.7. The van der Waals surface area contributed by atoms with Gasteiger partial charge in [-0.2, -0.15) is 0 Å². The average molecular weight is 351 g/mol. The first-order valence-corrected chi connectivity index (χ1v) is 8.31. The Morgan fingerprint density at radius 2 is 1.92 bits per heavy atom. The zero-order valence-electron chi connectivity index (χ0n) is 14.8. The topological polar surface area (TPSA) is 117 Å². The van der Waals surface area contributed by atoms with Crippen LogP contribution in [0.25, 0.3) is 0 Å². The Morgan fingerprint density at radius 1 is 1.24 bits per heavy atom. The zero-order valence-corrected chi connectivity index (χ0v) is 14.8. The number of hydrogen-bond acceptors (Lipinski definition) is 5. The summed E-state index contributed by atoms with van der Waals surface area (Å²) in [6.07, 6.45) is 2.86. The van der Waals surface area contributed by atoms with E-state index in [0.717, 1.165) is 12.8 Å². The van der Waals surface area contributed by atoms with Crippen LogP contribution in [-0.2, 0) is 9.59 Å². The minimum atomic E-state index is -0.782. The fourth-order valence-corrected chi connectivity index (χ4v) is 2.51. The van der Waals surface area contributed by atoms with Crippen LogP contribution in [0.5, 0.6) is 0 Å². The van der Waals surface area contributed by atoms with Crippen molar-refractivity contribution in [1.29, 1.82) is 0 Å². The van der Waals surface area contributed by atoms with Gasteiger partial charge in [-0.25, -0.2) is 4.79 Å². The number of aromatic nitrogens is 1. The maximum Gasteiger partial charge on any atom is 0.317 e. The minimum Gasteiger partial charge on any atom is -0.363 e. The minimum absolute atomic E-state index is 0.0676. The summed E-state index contributed by atoms with van der Waals surface area (Å²) < 4.78 is 4.58. The Balaban J connectivity index is 1.69. The molecule has 1 fully saturated rings. The molecular formula is C16H25N5O4. The molecular weight excluding hydrogens is 326 g/mol. The first kappa shape index (κ1) is 18.8. The maximum absolute atomic E-state index is 12.1.